The van der Waals surface area contributed by atoms with Gasteiger partial charge < -0.3 is 10.6 Å². The van der Waals surface area contributed by atoms with Gasteiger partial charge in [0.1, 0.15) is 0 Å². The van der Waals surface area contributed by atoms with Crippen LogP contribution in [0.4, 0.5) is 0 Å². The summed E-state index contributed by atoms with van der Waals surface area (Å²) in [5.74, 6) is 1.32. The van der Waals surface area contributed by atoms with Crippen LogP contribution in [0.2, 0.25) is 0 Å². The molecule has 0 aromatic heterocycles. The first-order valence-electron chi connectivity index (χ1n) is 6.89. The van der Waals surface area contributed by atoms with Gasteiger partial charge in [0.2, 0.25) is 10.0 Å². The van der Waals surface area contributed by atoms with Crippen LogP contribution >= 0.6 is 24.0 Å². The number of rotatable bonds is 6. The fourth-order valence-electron chi connectivity index (χ4n) is 1.69. The summed E-state index contributed by atoms with van der Waals surface area (Å²) in [6, 6.07) is 6.59. The predicted molar refractivity (Wildman–Crippen MR) is 101 cm³/mol. The van der Waals surface area contributed by atoms with Crippen molar-refractivity contribution in [1.82, 2.24) is 10.6 Å². The average Bonchev–Trinajstić information content (AvgIpc) is 2.42. The molecule has 0 aliphatic rings. The van der Waals surface area contributed by atoms with Gasteiger partial charge in [-0.15, -0.1) is 24.0 Å². The van der Waals surface area contributed by atoms with Gasteiger partial charge in [-0.05, 0) is 30.0 Å². The molecule has 22 heavy (non-hydrogen) atoms. The minimum atomic E-state index is -3.62. The summed E-state index contributed by atoms with van der Waals surface area (Å²) < 4.78 is 22.3. The number of halogens is 1. The van der Waals surface area contributed by atoms with Crippen molar-refractivity contribution in [3.8, 4) is 0 Å². The Hall–Kier alpha value is -0.870. The average molecular weight is 440 g/mol. The van der Waals surface area contributed by atoms with E-state index in [0.29, 0.717) is 12.5 Å². The molecule has 0 atom stereocenters. The number of guanidine groups is 1. The van der Waals surface area contributed by atoms with E-state index in [4.69, 9.17) is 5.14 Å². The van der Waals surface area contributed by atoms with Gasteiger partial charge >= 0.3 is 0 Å². The minimum Gasteiger partial charge on any atom is -0.356 e. The Bertz CT molecular complexity index is 571. The van der Waals surface area contributed by atoms with E-state index in [2.05, 4.69) is 29.5 Å². The second kappa shape index (κ2) is 10.0. The monoisotopic (exact) mass is 440 g/mol. The van der Waals surface area contributed by atoms with E-state index >= 15 is 0 Å². The van der Waals surface area contributed by atoms with Crippen LogP contribution in [0.25, 0.3) is 0 Å². The number of sulfonamides is 1. The fourth-order valence-corrected chi connectivity index (χ4v) is 2.21. The number of nitrogens with zero attached hydrogens (tertiary/aromatic N) is 1. The normalized spacial score (nSPS) is 12.0. The number of hydrogen-bond acceptors (Lipinski definition) is 3. The number of nitrogens with one attached hydrogen (secondary N) is 2. The van der Waals surface area contributed by atoms with Gasteiger partial charge in [-0.3, -0.25) is 4.99 Å². The molecule has 0 spiro atoms. The lowest BCUT2D eigenvalue weighted by Gasteiger charge is -2.13. The molecule has 0 heterocycles. The molecule has 4 N–H and O–H groups in total. The Morgan fingerprint density at radius 1 is 1.23 bits per heavy atom. The summed E-state index contributed by atoms with van der Waals surface area (Å²) >= 11 is 0. The van der Waals surface area contributed by atoms with Gasteiger partial charge in [0.25, 0.3) is 0 Å². The van der Waals surface area contributed by atoms with E-state index in [1.807, 2.05) is 0 Å². The lowest BCUT2D eigenvalue weighted by molar-refractivity contribution is 0.597. The molecule has 1 rings (SSSR count). The predicted octanol–water partition coefficient (Wildman–Crippen LogP) is 1.32. The zero-order valence-corrected chi connectivity index (χ0v) is 16.3. The summed E-state index contributed by atoms with van der Waals surface area (Å²) in [6.45, 7) is 5.84. The van der Waals surface area contributed by atoms with Crippen LogP contribution in [0, 0.1) is 5.92 Å². The molecule has 0 bridgehead atoms. The van der Waals surface area contributed by atoms with Crippen molar-refractivity contribution in [2.24, 2.45) is 16.0 Å². The van der Waals surface area contributed by atoms with Crippen LogP contribution in [-0.2, 0) is 16.4 Å². The molecule has 6 nitrogen and oxygen atoms in total. The summed E-state index contributed by atoms with van der Waals surface area (Å²) in [5, 5.41) is 11.5. The Kier molecular flexibility index (Phi) is 9.61. The molecule has 0 fully saturated rings. The summed E-state index contributed by atoms with van der Waals surface area (Å²) in [4.78, 5) is 4.27. The third-order valence-electron chi connectivity index (χ3n) is 2.86. The second-order valence-electron chi connectivity index (χ2n) is 5.21. The highest BCUT2D eigenvalue weighted by molar-refractivity contribution is 14.0. The van der Waals surface area contributed by atoms with Crippen LogP contribution in [0.3, 0.4) is 0 Å². The molecule has 0 aliphatic heterocycles. The Labute approximate surface area is 150 Å². The molecule has 126 valence electrons. The van der Waals surface area contributed by atoms with Crippen molar-refractivity contribution < 1.29 is 8.42 Å². The topological polar surface area (TPSA) is 96.6 Å². The number of nitrogens with two attached hydrogens (primary N) is 1. The largest absolute Gasteiger partial charge is 0.356 e. The van der Waals surface area contributed by atoms with Gasteiger partial charge in [0.05, 0.1) is 4.90 Å². The van der Waals surface area contributed by atoms with Crippen molar-refractivity contribution in [3.63, 3.8) is 0 Å². The summed E-state index contributed by atoms with van der Waals surface area (Å²) in [7, 11) is -1.89. The Morgan fingerprint density at radius 3 is 2.27 bits per heavy atom. The smallest absolute Gasteiger partial charge is 0.238 e. The highest BCUT2D eigenvalue weighted by Gasteiger charge is 2.06. The van der Waals surface area contributed by atoms with Gasteiger partial charge in [-0.1, -0.05) is 26.0 Å². The van der Waals surface area contributed by atoms with E-state index in [1.54, 1.807) is 19.2 Å². The highest BCUT2D eigenvalue weighted by atomic mass is 127. The van der Waals surface area contributed by atoms with Crippen molar-refractivity contribution >= 4 is 40.0 Å². The SMILES string of the molecule is CN=C(NCCc1ccc(S(N)(=O)=O)cc1)NCC(C)C.I. The first-order valence-corrected chi connectivity index (χ1v) is 8.44. The van der Waals surface area contributed by atoms with Crippen molar-refractivity contribution in [1.29, 1.82) is 0 Å². The maximum atomic E-state index is 11.2. The van der Waals surface area contributed by atoms with Crippen LogP contribution in [0.15, 0.2) is 34.2 Å². The molecule has 1 aromatic rings. The molecular weight excluding hydrogens is 415 g/mol. The van der Waals surface area contributed by atoms with Crippen molar-refractivity contribution in [2.75, 3.05) is 20.1 Å². The summed E-state index contributed by atoms with van der Waals surface area (Å²) in [5.41, 5.74) is 1.04. The first kappa shape index (κ1) is 21.1. The zero-order chi connectivity index (χ0) is 15.9. The minimum absolute atomic E-state index is 0. The van der Waals surface area contributed by atoms with E-state index in [1.165, 1.54) is 12.1 Å². The molecule has 8 heteroatoms. The summed E-state index contributed by atoms with van der Waals surface area (Å²) in [6.07, 6.45) is 0.771. The van der Waals surface area contributed by atoms with E-state index in [9.17, 15) is 8.42 Å². The second-order valence-corrected chi connectivity index (χ2v) is 6.77. The van der Waals surface area contributed by atoms with Crippen LogP contribution < -0.4 is 15.8 Å². The van der Waals surface area contributed by atoms with E-state index < -0.39 is 10.0 Å². The Balaban J connectivity index is 0.00000441. The van der Waals surface area contributed by atoms with Gasteiger partial charge in [0, 0.05) is 20.1 Å². The van der Waals surface area contributed by atoms with Gasteiger partial charge in [0.15, 0.2) is 5.96 Å². The van der Waals surface area contributed by atoms with Crippen LogP contribution in [0.1, 0.15) is 19.4 Å². The van der Waals surface area contributed by atoms with E-state index in [0.717, 1.165) is 24.5 Å². The zero-order valence-electron chi connectivity index (χ0n) is 13.2. The molecule has 0 saturated heterocycles. The third-order valence-corrected chi connectivity index (χ3v) is 3.79. The van der Waals surface area contributed by atoms with Crippen molar-refractivity contribution in [3.05, 3.63) is 29.8 Å². The first-order chi connectivity index (χ1) is 9.82. The number of primary sulfonamides is 1. The number of aliphatic imine (C=N–C) groups is 1. The molecule has 0 aliphatic carbocycles. The lowest BCUT2D eigenvalue weighted by Crippen LogP contribution is -2.39. The molecule has 1 aromatic carbocycles. The van der Waals surface area contributed by atoms with Crippen LogP contribution in [0.5, 0.6) is 0 Å². The van der Waals surface area contributed by atoms with E-state index in [-0.39, 0.29) is 28.9 Å². The fraction of sp³-hybridized carbons (Fsp3) is 0.500. The van der Waals surface area contributed by atoms with Gasteiger partial charge in [-0.25, -0.2) is 13.6 Å². The maximum Gasteiger partial charge on any atom is 0.238 e. The Morgan fingerprint density at radius 2 is 1.82 bits per heavy atom. The lowest BCUT2D eigenvalue weighted by atomic mass is 10.1. The van der Waals surface area contributed by atoms with Crippen LogP contribution in [-0.4, -0.2) is 34.5 Å². The van der Waals surface area contributed by atoms with Gasteiger partial charge in [-0.2, -0.15) is 0 Å². The molecular formula is C14H25IN4O2S. The maximum absolute atomic E-state index is 11.2. The van der Waals surface area contributed by atoms with Crippen molar-refractivity contribution in [2.45, 2.75) is 25.2 Å². The molecule has 0 unspecified atom stereocenters. The number of hydrogen-bond donors (Lipinski definition) is 3. The highest BCUT2D eigenvalue weighted by Crippen LogP contribution is 2.08. The number of benzene rings is 1. The standard InChI is InChI=1S/C14H24N4O2S.HI/c1-11(2)10-18-14(16-3)17-9-8-12-4-6-13(7-5-12)21(15,19)20;/h4-7,11H,8-10H2,1-3H3,(H2,15,19,20)(H2,16,17,18);1H. The third kappa shape index (κ3) is 7.95. The quantitative estimate of drug-likeness (QED) is 0.353. The molecule has 0 saturated carbocycles. The molecule has 0 radical (unpaired) electrons. The molecule has 0 amide bonds.